The number of carbonyl (C=O) groups excluding carboxylic acids is 1. The second-order valence-electron chi connectivity index (χ2n) is 5.10. The molecule has 0 radical (unpaired) electrons. The predicted octanol–water partition coefficient (Wildman–Crippen LogP) is 2.95. The van der Waals surface area contributed by atoms with E-state index in [1.54, 1.807) is 18.0 Å². The Labute approximate surface area is 123 Å². The van der Waals surface area contributed by atoms with Crippen LogP contribution in [0, 0.1) is 5.92 Å². The van der Waals surface area contributed by atoms with Crippen molar-refractivity contribution in [3.05, 3.63) is 33.8 Å². The lowest BCUT2D eigenvalue weighted by Gasteiger charge is -2.24. The lowest BCUT2D eigenvalue weighted by Crippen LogP contribution is -2.43. The van der Waals surface area contributed by atoms with Crippen LogP contribution in [-0.2, 0) is 11.3 Å². The van der Waals surface area contributed by atoms with Crippen molar-refractivity contribution in [2.24, 2.45) is 5.92 Å². The van der Waals surface area contributed by atoms with Crippen LogP contribution in [0.2, 0.25) is 10.0 Å². The van der Waals surface area contributed by atoms with Gasteiger partial charge in [-0.3, -0.25) is 4.79 Å². The molecular weight excluding hydrogens is 283 g/mol. The minimum absolute atomic E-state index is 0.0806. The Bertz CT molecular complexity index is 479. The van der Waals surface area contributed by atoms with E-state index in [1.807, 2.05) is 12.1 Å². The summed E-state index contributed by atoms with van der Waals surface area (Å²) in [5.41, 5.74) is 0.871. The Balaban J connectivity index is 2.06. The molecule has 2 atom stereocenters. The quantitative estimate of drug-likeness (QED) is 0.931. The molecule has 0 aromatic heterocycles. The summed E-state index contributed by atoms with van der Waals surface area (Å²) in [7, 11) is 1.80. The van der Waals surface area contributed by atoms with Gasteiger partial charge in [0.25, 0.3) is 0 Å². The molecule has 0 aliphatic carbocycles. The Morgan fingerprint density at radius 3 is 2.84 bits per heavy atom. The zero-order valence-corrected chi connectivity index (χ0v) is 12.6. The summed E-state index contributed by atoms with van der Waals surface area (Å²) in [5, 5.41) is 4.29. The Kier molecular flexibility index (Phi) is 4.71. The van der Waals surface area contributed by atoms with Crippen LogP contribution in [0.1, 0.15) is 18.9 Å². The maximum Gasteiger partial charge on any atom is 0.240 e. The summed E-state index contributed by atoms with van der Waals surface area (Å²) in [4.78, 5) is 14.0. The van der Waals surface area contributed by atoms with Crippen LogP contribution < -0.4 is 5.32 Å². The number of rotatable bonds is 3. The Hall–Kier alpha value is -0.770. The van der Waals surface area contributed by atoms with Gasteiger partial charge in [0.05, 0.1) is 16.1 Å². The van der Waals surface area contributed by atoms with Crippen LogP contribution in [0.15, 0.2) is 18.2 Å². The minimum atomic E-state index is -0.0806. The highest BCUT2D eigenvalue weighted by Gasteiger charge is 2.31. The maximum atomic E-state index is 12.3. The normalized spacial score (nSPS) is 22.5. The molecule has 0 spiro atoms. The van der Waals surface area contributed by atoms with Gasteiger partial charge in [-0.15, -0.1) is 0 Å². The van der Waals surface area contributed by atoms with Crippen molar-refractivity contribution in [1.82, 2.24) is 10.2 Å². The monoisotopic (exact) mass is 300 g/mol. The maximum absolute atomic E-state index is 12.3. The molecule has 104 valence electrons. The van der Waals surface area contributed by atoms with Crippen LogP contribution in [0.5, 0.6) is 0 Å². The third kappa shape index (κ3) is 3.22. The van der Waals surface area contributed by atoms with E-state index < -0.39 is 0 Å². The molecule has 19 heavy (non-hydrogen) atoms. The molecule has 1 aliphatic heterocycles. The number of hydrogen-bond donors (Lipinski definition) is 1. The van der Waals surface area contributed by atoms with Gasteiger partial charge in [-0.1, -0.05) is 42.3 Å². The highest BCUT2D eigenvalue weighted by Crippen LogP contribution is 2.26. The molecule has 3 nitrogen and oxygen atoms in total. The lowest BCUT2D eigenvalue weighted by atomic mass is 10.0. The molecule has 1 heterocycles. The first-order chi connectivity index (χ1) is 9.00. The molecule has 0 bridgehead atoms. The van der Waals surface area contributed by atoms with Crippen LogP contribution >= 0.6 is 23.2 Å². The van der Waals surface area contributed by atoms with E-state index in [0.29, 0.717) is 22.5 Å². The predicted molar refractivity (Wildman–Crippen MR) is 78.5 cm³/mol. The first-order valence-corrected chi connectivity index (χ1v) is 7.17. The highest BCUT2D eigenvalue weighted by molar-refractivity contribution is 6.42. The van der Waals surface area contributed by atoms with Gasteiger partial charge in [0, 0.05) is 13.6 Å². The molecule has 0 saturated carbocycles. The molecule has 1 aromatic carbocycles. The second kappa shape index (κ2) is 6.12. The van der Waals surface area contributed by atoms with Crippen LogP contribution in [0.3, 0.4) is 0 Å². The largest absolute Gasteiger partial charge is 0.340 e. The van der Waals surface area contributed by atoms with Gasteiger partial charge in [-0.05, 0) is 30.5 Å². The fourth-order valence-corrected chi connectivity index (χ4v) is 2.79. The van der Waals surface area contributed by atoms with E-state index in [0.717, 1.165) is 18.5 Å². The number of amides is 1. The summed E-state index contributed by atoms with van der Waals surface area (Å²) < 4.78 is 0. The molecule has 1 amide bonds. The number of nitrogens with one attached hydrogen (secondary N) is 1. The number of likely N-dealkylation sites (N-methyl/N-ethyl adjacent to an activating group) is 1. The van der Waals surface area contributed by atoms with Crippen molar-refractivity contribution in [2.45, 2.75) is 25.9 Å². The van der Waals surface area contributed by atoms with E-state index in [-0.39, 0.29) is 11.9 Å². The summed E-state index contributed by atoms with van der Waals surface area (Å²) >= 11 is 12.1. The first-order valence-electron chi connectivity index (χ1n) is 6.42. The second-order valence-corrected chi connectivity index (χ2v) is 5.89. The fourth-order valence-electron chi connectivity index (χ4n) is 2.41. The van der Waals surface area contributed by atoms with Gasteiger partial charge in [0.15, 0.2) is 0 Å². The van der Waals surface area contributed by atoms with Crippen molar-refractivity contribution in [1.29, 1.82) is 0 Å². The van der Waals surface area contributed by atoms with Crippen LogP contribution in [-0.4, -0.2) is 30.4 Å². The standard InChI is InChI=1S/C14H18Cl2N2O/c1-9-6-7-17-13(9)14(19)18(2)8-10-4-3-5-11(15)12(10)16/h3-5,9,13,17H,6-8H2,1-2H3. The van der Waals surface area contributed by atoms with E-state index in [9.17, 15) is 4.79 Å². The molecule has 1 N–H and O–H groups in total. The van der Waals surface area contributed by atoms with Crippen molar-refractivity contribution in [3.8, 4) is 0 Å². The van der Waals surface area contributed by atoms with Gasteiger partial charge >= 0.3 is 0 Å². The van der Waals surface area contributed by atoms with Gasteiger partial charge in [-0.25, -0.2) is 0 Å². The molecule has 2 rings (SSSR count). The average molecular weight is 301 g/mol. The fraction of sp³-hybridized carbons (Fsp3) is 0.500. The van der Waals surface area contributed by atoms with Crippen LogP contribution in [0.4, 0.5) is 0 Å². The zero-order chi connectivity index (χ0) is 14.0. The number of nitrogens with zero attached hydrogens (tertiary/aromatic N) is 1. The molecule has 5 heteroatoms. The number of hydrogen-bond acceptors (Lipinski definition) is 2. The van der Waals surface area contributed by atoms with Gasteiger partial charge < -0.3 is 10.2 Å². The van der Waals surface area contributed by atoms with Gasteiger partial charge in [-0.2, -0.15) is 0 Å². The minimum Gasteiger partial charge on any atom is -0.340 e. The Morgan fingerprint density at radius 2 is 2.21 bits per heavy atom. The summed E-state index contributed by atoms with van der Waals surface area (Å²) in [6.45, 7) is 3.48. The molecule has 1 fully saturated rings. The third-order valence-corrected chi connectivity index (χ3v) is 4.47. The molecule has 1 saturated heterocycles. The van der Waals surface area contributed by atoms with Gasteiger partial charge in [0.2, 0.25) is 5.91 Å². The first kappa shape index (κ1) is 14.6. The van der Waals surface area contributed by atoms with E-state index in [1.165, 1.54) is 0 Å². The number of carbonyl (C=O) groups is 1. The SMILES string of the molecule is CC1CCNC1C(=O)N(C)Cc1cccc(Cl)c1Cl. The van der Waals surface area contributed by atoms with Crippen molar-refractivity contribution >= 4 is 29.1 Å². The van der Waals surface area contributed by atoms with Crippen molar-refractivity contribution in [2.75, 3.05) is 13.6 Å². The molecular formula is C14H18Cl2N2O. The van der Waals surface area contributed by atoms with E-state index >= 15 is 0 Å². The zero-order valence-electron chi connectivity index (χ0n) is 11.1. The van der Waals surface area contributed by atoms with Crippen molar-refractivity contribution < 1.29 is 4.79 Å². The summed E-state index contributed by atoms with van der Waals surface area (Å²) in [6.07, 6.45) is 1.04. The number of benzene rings is 1. The topological polar surface area (TPSA) is 32.3 Å². The molecule has 1 aliphatic rings. The smallest absolute Gasteiger partial charge is 0.240 e. The molecule has 1 aromatic rings. The number of halogens is 2. The Morgan fingerprint density at radius 1 is 1.47 bits per heavy atom. The third-order valence-electron chi connectivity index (χ3n) is 3.61. The van der Waals surface area contributed by atoms with E-state index in [4.69, 9.17) is 23.2 Å². The summed E-state index contributed by atoms with van der Waals surface area (Å²) in [6, 6.07) is 5.40. The van der Waals surface area contributed by atoms with Crippen molar-refractivity contribution in [3.63, 3.8) is 0 Å². The molecule has 2 unspecified atom stereocenters. The highest BCUT2D eigenvalue weighted by atomic mass is 35.5. The average Bonchev–Trinajstić information content (AvgIpc) is 2.80. The van der Waals surface area contributed by atoms with Crippen LogP contribution in [0.25, 0.3) is 0 Å². The summed E-state index contributed by atoms with van der Waals surface area (Å²) in [5.74, 6) is 0.492. The lowest BCUT2D eigenvalue weighted by molar-refractivity contribution is -0.133. The van der Waals surface area contributed by atoms with Gasteiger partial charge in [0.1, 0.15) is 0 Å². The van der Waals surface area contributed by atoms with E-state index in [2.05, 4.69) is 12.2 Å².